The molecule has 0 radical (unpaired) electrons. The molecule has 6 nitrogen and oxygen atoms in total. The van der Waals surface area contributed by atoms with Gasteiger partial charge in [-0.1, -0.05) is 27.2 Å². The zero-order chi connectivity index (χ0) is 19.8. The van der Waals surface area contributed by atoms with Gasteiger partial charge >= 0.3 is 0 Å². The summed E-state index contributed by atoms with van der Waals surface area (Å²) >= 11 is 0. The third kappa shape index (κ3) is 3.97. The Morgan fingerprint density at radius 3 is 2.78 bits per heavy atom. The zero-order valence-electron chi connectivity index (χ0n) is 17.5. The molecular formula is C21H34N4O2. The first-order chi connectivity index (χ1) is 12.7. The molecule has 6 heteroatoms. The van der Waals surface area contributed by atoms with Gasteiger partial charge in [-0.05, 0) is 25.8 Å². The minimum Gasteiger partial charge on any atom is -0.313 e. The topological polar surface area (TPSA) is 57.6 Å². The van der Waals surface area contributed by atoms with Crippen LogP contribution in [0.4, 0.5) is 5.69 Å². The quantitative estimate of drug-likeness (QED) is 0.851. The molecule has 0 unspecified atom stereocenters. The number of piperazine rings is 1. The van der Waals surface area contributed by atoms with E-state index < -0.39 is 0 Å². The maximum Gasteiger partial charge on any atom is 0.253 e. The van der Waals surface area contributed by atoms with E-state index in [1.54, 1.807) is 4.57 Å². The molecule has 0 bridgehead atoms. The molecule has 0 aliphatic carbocycles. The Morgan fingerprint density at radius 1 is 1.37 bits per heavy atom. The Labute approximate surface area is 162 Å². The highest BCUT2D eigenvalue weighted by Crippen LogP contribution is 2.40. The second-order valence-corrected chi connectivity index (χ2v) is 8.83. The Bertz CT molecular complexity index is 768. The van der Waals surface area contributed by atoms with Crippen LogP contribution in [0.3, 0.4) is 0 Å². The van der Waals surface area contributed by atoms with Gasteiger partial charge in [-0.25, -0.2) is 0 Å². The number of hydrogen-bond donors (Lipinski definition) is 1. The fourth-order valence-corrected chi connectivity index (χ4v) is 4.55. The number of nitrogens with one attached hydrogen (secondary N) is 1. The van der Waals surface area contributed by atoms with Gasteiger partial charge in [0.05, 0.1) is 17.9 Å². The minimum atomic E-state index is -0.223. The number of carbonyl (C=O) groups excluding carboxylic acids is 1. The van der Waals surface area contributed by atoms with E-state index in [1.807, 2.05) is 18.0 Å². The number of unbranched alkanes of at least 4 members (excludes halogenated alkanes) is 1. The van der Waals surface area contributed by atoms with Crippen molar-refractivity contribution in [1.82, 2.24) is 14.8 Å². The Morgan fingerprint density at radius 2 is 2.11 bits per heavy atom. The first kappa shape index (κ1) is 20.1. The number of carbonyl (C=O) groups is 1. The standard InChI is InChI=1S/C21H34N4O2/c1-6-7-8-16-11-17-19(23(5)20(16)27)21(3,4)14-25(17)18(26)13-24-10-9-22-15(2)12-24/h11,15,22H,6-10,12-14H2,1-5H3/t15-/m1/s1. The highest BCUT2D eigenvalue weighted by Gasteiger charge is 2.41. The van der Waals surface area contributed by atoms with Crippen molar-refractivity contribution >= 4 is 11.6 Å². The Kier molecular flexibility index (Phi) is 5.77. The lowest BCUT2D eigenvalue weighted by molar-refractivity contribution is -0.120. The van der Waals surface area contributed by atoms with Gasteiger partial charge in [0, 0.05) is 50.2 Å². The molecular weight excluding hydrogens is 340 g/mol. The van der Waals surface area contributed by atoms with Gasteiger partial charge in [0.25, 0.3) is 5.56 Å². The summed E-state index contributed by atoms with van der Waals surface area (Å²) in [5.74, 6) is 0.135. The SMILES string of the molecule is CCCCc1cc2c(n(C)c1=O)C(C)(C)CN2C(=O)CN1CCN[C@H](C)C1. The summed E-state index contributed by atoms with van der Waals surface area (Å²) in [5, 5.41) is 3.42. The lowest BCUT2D eigenvalue weighted by atomic mass is 9.90. The number of aryl methyl sites for hydroxylation is 1. The summed E-state index contributed by atoms with van der Waals surface area (Å²) in [6.45, 7) is 12.3. The zero-order valence-corrected chi connectivity index (χ0v) is 17.5. The third-order valence-electron chi connectivity index (χ3n) is 5.87. The van der Waals surface area contributed by atoms with Crippen molar-refractivity contribution in [3.63, 3.8) is 0 Å². The molecule has 2 aliphatic heterocycles. The van der Waals surface area contributed by atoms with Crippen LogP contribution in [0.25, 0.3) is 0 Å². The number of pyridine rings is 1. The van der Waals surface area contributed by atoms with Gasteiger partial charge in [-0.2, -0.15) is 0 Å². The molecule has 27 heavy (non-hydrogen) atoms. The van der Waals surface area contributed by atoms with E-state index in [0.717, 1.165) is 55.8 Å². The van der Waals surface area contributed by atoms with Crippen molar-refractivity contribution in [2.75, 3.05) is 37.6 Å². The summed E-state index contributed by atoms with van der Waals surface area (Å²) in [4.78, 5) is 30.1. The fraction of sp³-hybridized carbons (Fsp3) is 0.714. The Hall–Kier alpha value is -1.66. The average Bonchev–Trinajstić information content (AvgIpc) is 2.88. The lowest BCUT2D eigenvalue weighted by Gasteiger charge is -2.32. The van der Waals surface area contributed by atoms with E-state index in [9.17, 15) is 9.59 Å². The number of hydrogen-bond acceptors (Lipinski definition) is 4. The van der Waals surface area contributed by atoms with Crippen molar-refractivity contribution in [1.29, 1.82) is 0 Å². The number of aromatic nitrogens is 1. The van der Waals surface area contributed by atoms with Crippen LogP contribution in [0.5, 0.6) is 0 Å². The molecule has 3 rings (SSSR count). The van der Waals surface area contributed by atoms with Crippen molar-refractivity contribution < 1.29 is 4.79 Å². The number of anilines is 1. The number of rotatable bonds is 5. The maximum atomic E-state index is 13.2. The molecule has 0 spiro atoms. The highest BCUT2D eigenvalue weighted by molar-refractivity contribution is 5.97. The summed E-state index contributed by atoms with van der Waals surface area (Å²) in [6, 6.07) is 2.40. The summed E-state index contributed by atoms with van der Waals surface area (Å²) < 4.78 is 1.78. The third-order valence-corrected chi connectivity index (χ3v) is 5.87. The molecule has 1 atom stereocenters. The molecule has 0 saturated carbocycles. The minimum absolute atomic E-state index is 0.0838. The molecule has 150 valence electrons. The predicted molar refractivity (Wildman–Crippen MR) is 110 cm³/mol. The first-order valence-electron chi connectivity index (χ1n) is 10.2. The van der Waals surface area contributed by atoms with Crippen LogP contribution in [0.1, 0.15) is 51.8 Å². The van der Waals surface area contributed by atoms with Crippen LogP contribution in [0, 0.1) is 0 Å². The van der Waals surface area contributed by atoms with Gasteiger partial charge in [0.15, 0.2) is 0 Å². The van der Waals surface area contributed by atoms with Crippen molar-refractivity contribution in [3.8, 4) is 0 Å². The van der Waals surface area contributed by atoms with Gasteiger partial charge in [-0.15, -0.1) is 0 Å². The molecule has 0 aromatic carbocycles. The summed E-state index contributed by atoms with van der Waals surface area (Å²) in [7, 11) is 1.85. The van der Waals surface area contributed by atoms with Gasteiger partial charge in [0.1, 0.15) is 0 Å². The number of nitrogens with zero attached hydrogens (tertiary/aromatic N) is 3. The second kappa shape index (κ2) is 7.76. The molecule has 1 amide bonds. The van der Waals surface area contributed by atoms with Gasteiger partial charge in [-0.3, -0.25) is 14.5 Å². The first-order valence-corrected chi connectivity index (χ1v) is 10.2. The van der Waals surface area contributed by atoms with Crippen LogP contribution in [0.15, 0.2) is 10.9 Å². The largest absolute Gasteiger partial charge is 0.313 e. The van der Waals surface area contributed by atoms with Crippen LogP contribution >= 0.6 is 0 Å². The van der Waals surface area contributed by atoms with E-state index in [4.69, 9.17) is 0 Å². The van der Waals surface area contributed by atoms with Crippen LogP contribution in [-0.2, 0) is 23.7 Å². The van der Waals surface area contributed by atoms with E-state index in [2.05, 4.69) is 37.9 Å². The van der Waals surface area contributed by atoms with Crippen LogP contribution in [0.2, 0.25) is 0 Å². The van der Waals surface area contributed by atoms with Crippen LogP contribution < -0.4 is 15.8 Å². The highest BCUT2D eigenvalue weighted by atomic mass is 16.2. The number of fused-ring (bicyclic) bond motifs is 1. The van der Waals surface area contributed by atoms with Crippen molar-refractivity contribution in [2.45, 2.75) is 58.4 Å². The summed E-state index contributed by atoms with van der Waals surface area (Å²) in [5.41, 5.74) is 2.60. The lowest BCUT2D eigenvalue weighted by Crippen LogP contribution is -2.52. The normalized spacial score (nSPS) is 22.1. The fourth-order valence-electron chi connectivity index (χ4n) is 4.55. The van der Waals surface area contributed by atoms with E-state index in [-0.39, 0.29) is 16.9 Å². The predicted octanol–water partition coefficient (Wildman–Crippen LogP) is 1.65. The monoisotopic (exact) mass is 374 g/mol. The van der Waals surface area contributed by atoms with E-state index >= 15 is 0 Å². The molecule has 1 saturated heterocycles. The van der Waals surface area contributed by atoms with Crippen LogP contribution in [-0.4, -0.2) is 54.1 Å². The maximum absolute atomic E-state index is 13.2. The molecule has 3 heterocycles. The molecule has 1 aromatic heterocycles. The Balaban J connectivity index is 1.90. The smallest absolute Gasteiger partial charge is 0.253 e. The molecule has 1 aromatic rings. The molecule has 1 N–H and O–H groups in total. The molecule has 1 fully saturated rings. The van der Waals surface area contributed by atoms with E-state index in [0.29, 0.717) is 19.1 Å². The van der Waals surface area contributed by atoms with E-state index in [1.165, 1.54) is 0 Å². The summed E-state index contributed by atoms with van der Waals surface area (Å²) in [6.07, 6.45) is 2.81. The van der Waals surface area contributed by atoms with Crippen molar-refractivity contribution in [2.24, 2.45) is 7.05 Å². The average molecular weight is 375 g/mol. The number of amides is 1. The van der Waals surface area contributed by atoms with Gasteiger partial charge in [0.2, 0.25) is 5.91 Å². The molecule has 2 aliphatic rings. The van der Waals surface area contributed by atoms with Gasteiger partial charge < -0.3 is 14.8 Å². The van der Waals surface area contributed by atoms with Crippen molar-refractivity contribution in [3.05, 3.63) is 27.7 Å². The second-order valence-electron chi connectivity index (χ2n) is 8.83.